The summed E-state index contributed by atoms with van der Waals surface area (Å²) >= 11 is 0. The summed E-state index contributed by atoms with van der Waals surface area (Å²) in [4.78, 5) is 0.712. The van der Waals surface area contributed by atoms with Crippen molar-refractivity contribution in [3.63, 3.8) is 0 Å². The Kier molecular flexibility index (Phi) is 21.3. The van der Waals surface area contributed by atoms with E-state index in [1.807, 2.05) is 79.7 Å². The van der Waals surface area contributed by atoms with Crippen molar-refractivity contribution in [1.82, 2.24) is 12.9 Å². The number of aryl methyl sites for hydroxylation is 1. The van der Waals surface area contributed by atoms with Crippen LogP contribution in [0.2, 0.25) is 0 Å². The maximum atomic E-state index is 15.1. The van der Waals surface area contributed by atoms with Crippen LogP contribution in [0.3, 0.4) is 0 Å². The molecule has 0 amide bonds. The molecule has 1 aliphatic rings. The van der Waals surface area contributed by atoms with Crippen LogP contribution in [0.4, 0.5) is 0 Å². The van der Waals surface area contributed by atoms with Crippen LogP contribution in [0.25, 0.3) is 0 Å². The zero-order valence-corrected chi connectivity index (χ0v) is 45.5. The van der Waals surface area contributed by atoms with Gasteiger partial charge in [0, 0.05) is 60.3 Å². The van der Waals surface area contributed by atoms with Gasteiger partial charge in [0.1, 0.15) is 0 Å². The van der Waals surface area contributed by atoms with Crippen LogP contribution in [0.1, 0.15) is 164 Å². The molecule has 10 nitrogen and oxygen atoms in total. The van der Waals surface area contributed by atoms with Crippen LogP contribution in [0.15, 0.2) is 99.7 Å². The minimum absolute atomic E-state index is 0. The van der Waals surface area contributed by atoms with Gasteiger partial charge < -0.3 is 5.73 Å². The summed E-state index contributed by atoms with van der Waals surface area (Å²) in [7, 11) is -12.3. The number of rotatable bonds is 15. The van der Waals surface area contributed by atoms with Crippen LogP contribution in [0, 0.1) is 0 Å². The average molecular weight is 1130 g/mol. The molecule has 0 saturated heterocycles. The standard InChI is InChI=1S/C51H76N4O6S3.Pt/c1-36(2)43-32-46(38(5)6)50(47(33-43)39(7)8)63(58,59)54-28-15-13-26-53(62(56,57)45-23-21-42(22-24-45)20-19-25-52)27-14-16-29-55(31-18-17-30-54)64(60,61)51-48(40(9)10)34-44(37(3)4)35-49(51)41(11)12;/h13-18,21-24,32-41H,19-20,25-31,52H2,1-12H3;/b15-13+,16-14+,18-17+;. The van der Waals surface area contributed by atoms with E-state index in [0.29, 0.717) is 16.3 Å². The fraction of sp³-hybridized carbons (Fsp3) is 0.529. The van der Waals surface area contributed by atoms with Crippen LogP contribution in [-0.4, -0.2) is 84.0 Å². The molecule has 0 atom stereocenters. The molecule has 0 fully saturated rings. The van der Waals surface area contributed by atoms with E-state index in [9.17, 15) is 8.42 Å². The van der Waals surface area contributed by atoms with Crippen LogP contribution in [-0.2, 0) is 57.6 Å². The zero-order valence-electron chi connectivity index (χ0n) is 40.8. The van der Waals surface area contributed by atoms with Gasteiger partial charge in [-0.05, 0) is 106 Å². The number of hydrogen-bond donors (Lipinski definition) is 1. The summed E-state index contributed by atoms with van der Waals surface area (Å²) in [5.74, 6) is 0.0416. The predicted octanol–water partition coefficient (Wildman–Crippen LogP) is 10.4. The number of benzene rings is 3. The molecular weight excluding hydrogens is 1060 g/mol. The van der Waals surface area contributed by atoms with E-state index < -0.39 is 30.1 Å². The van der Waals surface area contributed by atoms with Gasteiger partial charge in [0.25, 0.3) is 0 Å². The molecule has 1 heterocycles. The first-order valence-corrected chi connectivity index (χ1v) is 27.4. The van der Waals surface area contributed by atoms with E-state index in [0.717, 1.165) is 51.8 Å². The second kappa shape index (κ2) is 24.5. The fourth-order valence-electron chi connectivity index (χ4n) is 7.88. The van der Waals surface area contributed by atoms with Gasteiger partial charge in [-0.2, -0.15) is 12.9 Å². The molecule has 1 aliphatic heterocycles. The Morgan fingerprint density at radius 3 is 0.969 bits per heavy atom. The minimum atomic E-state index is -4.14. The topological polar surface area (TPSA) is 138 Å². The second-order valence-electron chi connectivity index (χ2n) is 18.9. The van der Waals surface area contributed by atoms with E-state index in [2.05, 4.69) is 27.7 Å². The van der Waals surface area contributed by atoms with Gasteiger partial charge in [-0.3, -0.25) is 0 Å². The number of nitrogens with two attached hydrogens (primary N) is 1. The van der Waals surface area contributed by atoms with Gasteiger partial charge >= 0.3 is 0 Å². The van der Waals surface area contributed by atoms with Gasteiger partial charge in [0.2, 0.25) is 30.1 Å². The van der Waals surface area contributed by atoms with Crippen molar-refractivity contribution in [3.05, 3.63) is 124 Å². The van der Waals surface area contributed by atoms with E-state index in [1.165, 1.54) is 12.9 Å². The van der Waals surface area contributed by atoms with Gasteiger partial charge in [-0.25, -0.2) is 25.3 Å². The van der Waals surface area contributed by atoms with E-state index in [1.54, 1.807) is 60.7 Å². The molecule has 3 aromatic carbocycles. The normalized spacial score (nSPS) is 17.5. The van der Waals surface area contributed by atoms with Crippen molar-refractivity contribution in [1.29, 1.82) is 0 Å². The van der Waals surface area contributed by atoms with Crippen molar-refractivity contribution in [3.8, 4) is 0 Å². The van der Waals surface area contributed by atoms with Crippen LogP contribution < -0.4 is 5.73 Å². The number of sulfonamides is 3. The molecule has 364 valence electrons. The first-order chi connectivity index (χ1) is 30.0. The first-order valence-electron chi connectivity index (χ1n) is 23.1. The molecule has 0 saturated carbocycles. The Morgan fingerprint density at radius 1 is 0.446 bits per heavy atom. The summed E-state index contributed by atoms with van der Waals surface area (Å²) < 4.78 is 93.2. The smallest absolute Gasteiger partial charge is 0.244 e. The average Bonchev–Trinajstić information content (AvgIpc) is 3.24. The van der Waals surface area contributed by atoms with Crippen LogP contribution >= 0.6 is 0 Å². The SMILES string of the molecule is CC(C)c1cc(C(C)C)c(S(=O)(=O)N2C/C=C/CN(S(=O)(=O)c3ccc(CCCN)cc3)C/C=C/CN(S(=O)(=O)c3c(C(C)C)cc(C(C)C)cc3C(C)C)C/C=C/C2)c(C(C)C)c1.[Pt]. The van der Waals surface area contributed by atoms with Gasteiger partial charge in [-0.15, -0.1) is 0 Å². The van der Waals surface area contributed by atoms with E-state index in [4.69, 9.17) is 5.73 Å². The van der Waals surface area contributed by atoms with Gasteiger partial charge in [-0.1, -0.05) is 156 Å². The summed E-state index contributed by atoms with van der Waals surface area (Å²) in [6.07, 6.45) is 11.8. The van der Waals surface area contributed by atoms with Gasteiger partial charge in [0.15, 0.2) is 0 Å². The molecule has 3 aromatic rings. The summed E-state index contributed by atoms with van der Waals surface area (Å²) in [5, 5.41) is 0. The fourth-order valence-corrected chi connectivity index (χ4v) is 13.2. The van der Waals surface area contributed by atoms with Crippen molar-refractivity contribution in [2.45, 2.75) is 146 Å². The van der Waals surface area contributed by atoms with Crippen molar-refractivity contribution in [2.24, 2.45) is 5.73 Å². The maximum absolute atomic E-state index is 15.1. The molecule has 0 bridgehead atoms. The molecule has 0 aromatic heterocycles. The largest absolute Gasteiger partial charge is 0.330 e. The molecule has 0 unspecified atom stereocenters. The molecular formula is C51H76N4O6PtS3. The molecule has 14 heteroatoms. The Balaban J connectivity index is 0.0000112. The third kappa shape index (κ3) is 13.9. The van der Waals surface area contributed by atoms with E-state index in [-0.39, 0.29) is 101 Å². The summed E-state index contributed by atoms with van der Waals surface area (Å²) in [5.41, 5.74) is 11.8. The maximum Gasteiger partial charge on any atom is 0.244 e. The quantitative estimate of drug-likeness (QED) is 0.150. The Morgan fingerprint density at radius 2 is 0.723 bits per heavy atom. The Hall–Kier alpha value is -2.74. The first kappa shape index (κ1) is 56.6. The second-order valence-corrected chi connectivity index (χ2v) is 24.6. The van der Waals surface area contributed by atoms with Gasteiger partial charge in [0.05, 0.1) is 14.7 Å². The number of nitrogens with zero attached hydrogens (tertiary/aromatic N) is 3. The summed E-state index contributed by atoms with van der Waals surface area (Å²) in [6.45, 7) is 24.8. The molecule has 2 N–H and O–H groups in total. The van der Waals surface area contributed by atoms with Crippen molar-refractivity contribution in [2.75, 3.05) is 45.8 Å². The predicted molar refractivity (Wildman–Crippen MR) is 265 cm³/mol. The molecule has 0 radical (unpaired) electrons. The molecule has 4 rings (SSSR count). The Labute approximate surface area is 408 Å². The van der Waals surface area contributed by atoms with Crippen molar-refractivity contribution < 1.29 is 46.3 Å². The monoisotopic (exact) mass is 1130 g/mol. The van der Waals surface area contributed by atoms with E-state index >= 15 is 16.8 Å². The number of hydrogen-bond acceptors (Lipinski definition) is 7. The van der Waals surface area contributed by atoms with Crippen LogP contribution in [0.5, 0.6) is 0 Å². The third-order valence-corrected chi connectivity index (χ3v) is 17.7. The molecule has 0 aliphatic carbocycles. The van der Waals surface area contributed by atoms with Crippen molar-refractivity contribution >= 4 is 30.1 Å². The minimum Gasteiger partial charge on any atom is -0.330 e. The Bertz CT molecular complexity index is 2290. The zero-order chi connectivity index (χ0) is 47.7. The molecule has 0 spiro atoms. The summed E-state index contributed by atoms with van der Waals surface area (Å²) in [6, 6.07) is 14.9. The third-order valence-electron chi connectivity index (χ3n) is 11.9. The molecule has 65 heavy (non-hydrogen) atoms.